The second kappa shape index (κ2) is 6.20. The Bertz CT molecular complexity index is 994. The fourth-order valence-electron chi connectivity index (χ4n) is 4.78. The van der Waals surface area contributed by atoms with E-state index in [9.17, 15) is 9.90 Å². The molecule has 1 aliphatic carbocycles. The summed E-state index contributed by atoms with van der Waals surface area (Å²) in [6.07, 6.45) is 4.99. The van der Waals surface area contributed by atoms with E-state index in [0.717, 1.165) is 30.3 Å². The van der Waals surface area contributed by atoms with E-state index in [1.807, 2.05) is 33.7 Å². The molecule has 140 valence electrons. The zero-order chi connectivity index (χ0) is 18.4. The summed E-state index contributed by atoms with van der Waals surface area (Å²) in [5.41, 5.74) is 2.16. The van der Waals surface area contributed by atoms with Crippen molar-refractivity contribution in [3.63, 3.8) is 0 Å². The number of aromatic nitrogens is 3. The van der Waals surface area contributed by atoms with Crippen LogP contribution in [0, 0.1) is 11.3 Å². The third-order valence-corrected chi connectivity index (χ3v) is 6.27. The smallest absolute Gasteiger partial charge is 0.276 e. The van der Waals surface area contributed by atoms with Gasteiger partial charge in [-0.05, 0) is 30.9 Å². The molecule has 1 saturated heterocycles. The molecule has 2 fully saturated rings. The van der Waals surface area contributed by atoms with Gasteiger partial charge in [-0.25, -0.2) is 4.98 Å². The number of imidazole rings is 1. The van der Waals surface area contributed by atoms with Crippen LogP contribution in [0.4, 0.5) is 0 Å². The van der Waals surface area contributed by atoms with Gasteiger partial charge in [0.25, 0.3) is 5.91 Å². The van der Waals surface area contributed by atoms with Gasteiger partial charge in [0.2, 0.25) is 0 Å². The maximum absolute atomic E-state index is 12.9. The highest BCUT2D eigenvalue weighted by molar-refractivity contribution is 5.92. The van der Waals surface area contributed by atoms with E-state index in [1.54, 1.807) is 12.4 Å². The number of para-hydroxylation sites is 2. The standard InChI is InChI=1S/C20H22N4O3/c25-12-20-7-3-4-14(20)9-23(11-20)19(26)17-8-15(27-22-17)10-24-13-21-16-5-1-2-6-18(16)24/h1-2,5-6,8,13-14,25H,3-4,7,9-12H2/t14-,20+/m1/s1. The molecule has 27 heavy (non-hydrogen) atoms. The predicted octanol–water partition coefficient (Wildman–Crippen LogP) is 2.31. The largest absolute Gasteiger partial charge is 0.396 e. The van der Waals surface area contributed by atoms with Crippen molar-refractivity contribution in [3.05, 3.63) is 48.1 Å². The van der Waals surface area contributed by atoms with E-state index >= 15 is 0 Å². The van der Waals surface area contributed by atoms with E-state index in [0.29, 0.717) is 37.0 Å². The van der Waals surface area contributed by atoms with Gasteiger partial charge in [-0.15, -0.1) is 0 Å². The molecule has 5 rings (SSSR count). The normalized spacial score (nSPS) is 24.6. The van der Waals surface area contributed by atoms with Crippen LogP contribution in [0.1, 0.15) is 35.5 Å². The number of fused-ring (bicyclic) bond motifs is 2. The monoisotopic (exact) mass is 366 g/mol. The summed E-state index contributed by atoms with van der Waals surface area (Å²) in [5, 5.41) is 13.9. The summed E-state index contributed by atoms with van der Waals surface area (Å²) in [5.74, 6) is 0.913. The van der Waals surface area contributed by atoms with Crippen LogP contribution in [-0.4, -0.2) is 50.3 Å². The first kappa shape index (κ1) is 16.5. The average molecular weight is 366 g/mol. The highest BCUT2D eigenvalue weighted by Crippen LogP contribution is 2.48. The van der Waals surface area contributed by atoms with Gasteiger partial charge in [0.15, 0.2) is 11.5 Å². The summed E-state index contributed by atoms with van der Waals surface area (Å²) in [6, 6.07) is 9.61. The molecule has 0 spiro atoms. The van der Waals surface area contributed by atoms with Crippen LogP contribution >= 0.6 is 0 Å². The molecule has 1 saturated carbocycles. The molecule has 3 heterocycles. The molecule has 0 unspecified atom stereocenters. The quantitative estimate of drug-likeness (QED) is 0.766. The molecule has 2 aromatic heterocycles. The van der Waals surface area contributed by atoms with E-state index in [2.05, 4.69) is 10.1 Å². The number of amides is 1. The van der Waals surface area contributed by atoms with E-state index in [4.69, 9.17) is 4.52 Å². The molecular weight excluding hydrogens is 344 g/mol. The molecule has 7 heteroatoms. The van der Waals surface area contributed by atoms with Gasteiger partial charge in [-0.1, -0.05) is 23.7 Å². The van der Waals surface area contributed by atoms with Crippen molar-refractivity contribution in [2.24, 2.45) is 11.3 Å². The van der Waals surface area contributed by atoms with Crippen molar-refractivity contribution in [2.45, 2.75) is 25.8 Å². The van der Waals surface area contributed by atoms with Crippen molar-refractivity contribution in [1.29, 1.82) is 0 Å². The van der Waals surface area contributed by atoms with Crippen molar-refractivity contribution >= 4 is 16.9 Å². The first-order chi connectivity index (χ1) is 13.2. The summed E-state index contributed by atoms with van der Waals surface area (Å²) in [4.78, 5) is 19.1. The lowest BCUT2D eigenvalue weighted by atomic mass is 9.82. The molecular formula is C20H22N4O3. The number of hydrogen-bond acceptors (Lipinski definition) is 5. The lowest BCUT2D eigenvalue weighted by molar-refractivity contribution is 0.0724. The highest BCUT2D eigenvalue weighted by Gasteiger charge is 2.50. The second-order valence-corrected chi connectivity index (χ2v) is 7.83. The number of carbonyl (C=O) groups excluding carboxylic acids is 1. The Labute approximate surface area is 156 Å². The first-order valence-corrected chi connectivity index (χ1v) is 9.44. The topological polar surface area (TPSA) is 84.4 Å². The minimum absolute atomic E-state index is 0.109. The molecule has 3 aromatic rings. The van der Waals surface area contributed by atoms with Gasteiger partial charge in [0.1, 0.15) is 0 Å². The van der Waals surface area contributed by atoms with Crippen LogP contribution in [0.5, 0.6) is 0 Å². The van der Waals surface area contributed by atoms with Crippen molar-refractivity contribution < 1.29 is 14.4 Å². The van der Waals surface area contributed by atoms with Crippen molar-refractivity contribution in [2.75, 3.05) is 19.7 Å². The number of carbonyl (C=O) groups is 1. The number of rotatable bonds is 4. The number of aliphatic hydroxyl groups excluding tert-OH is 1. The van der Waals surface area contributed by atoms with Crippen LogP contribution in [0.3, 0.4) is 0 Å². The molecule has 0 bridgehead atoms. The SMILES string of the molecule is O=C(c1cc(Cn2cnc3ccccc32)on1)N1C[C@H]2CCC[C@@]2(CO)C1. The fourth-order valence-corrected chi connectivity index (χ4v) is 4.78. The van der Waals surface area contributed by atoms with Gasteiger partial charge in [-0.3, -0.25) is 4.79 Å². The van der Waals surface area contributed by atoms with Gasteiger partial charge < -0.3 is 19.1 Å². The summed E-state index contributed by atoms with van der Waals surface area (Å²) in [7, 11) is 0. The van der Waals surface area contributed by atoms with Crippen molar-refractivity contribution in [3.8, 4) is 0 Å². The zero-order valence-electron chi connectivity index (χ0n) is 15.0. The van der Waals surface area contributed by atoms with Gasteiger partial charge >= 0.3 is 0 Å². The molecule has 7 nitrogen and oxygen atoms in total. The van der Waals surface area contributed by atoms with Crippen LogP contribution in [0.15, 0.2) is 41.2 Å². The Kier molecular flexibility index (Phi) is 3.79. The third kappa shape index (κ3) is 2.65. The number of hydrogen-bond donors (Lipinski definition) is 1. The Morgan fingerprint density at radius 2 is 2.26 bits per heavy atom. The molecule has 1 aliphatic heterocycles. The lowest BCUT2D eigenvalue weighted by Gasteiger charge is -2.25. The summed E-state index contributed by atoms with van der Waals surface area (Å²) < 4.78 is 7.39. The molecule has 1 amide bonds. The lowest BCUT2D eigenvalue weighted by Crippen LogP contribution is -2.34. The van der Waals surface area contributed by atoms with Crippen LogP contribution in [-0.2, 0) is 6.54 Å². The van der Waals surface area contributed by atoms with Crippen LogP contribution in [0.2, 0.25) is 0 Å². The van der Waals surface area contributed by atoms with E-state index in [-0.39, 0.29) is 17.9 Å². The molecule has 2 aliphatic rings. The number of likely N-dealkylation sites (tertiary alicyclic amines) is 1. The Morgan fingerprint density at radius 3 is 3.11 bits per heavy atom. The van der Waals surface area contributed by atoms with Gasteiger partial charge in [0, 0.05) is 24.6 Å². The van der Waals surface area contributed by atoms with Gasteiger partial charge in [-0.2, -0.15) is 0 Å². The third-order valence-electron chi connectivity index (χ3n) is 6.27. The summed E-state index contributed by atoms with van der Waals surface area (Å²) in [6.45, 7) is 1.94. The highest BCUT2D eigenvalue weighted by atomic mass is 16.5. The van der Waals surface area contributed by atoms with Crippen LogP contribution in [0.25, 0.3) is 11.0 Å². The molecule has 2 atom stereocenters. The number of aliphatic hydroxyl groups is 1. The minimum Gasteiger partial charge on any atom is -0.396 e. The maximum Gasteiger partial charge on any atom is 0.276 e. The fraction of sp³-hybridized carbons (Fsp3) is 0.450. The first-order valence-electron chi connectivity index (χ1n) is 9.44. The number of benzene rings is 1. The van der Waals surface area contributed by atoms with E-state index in [1.165, 1.54) is 0 Å². The zero-order valence-corrected chi connectivity index (χ0v) is 15.0. The second-order valence-electron chi connectivity index (χ2n) is 7.83. The van der Waals surface area contributed by atoms with Crippen LogP contribution < -0.4 is 0 Å². The average Bonchev–Trinajstić information content (AvgIpc) is 3.44. The Hall–Kier alpha value is -2.67. The van der Waals surface area contributed by atoms with E-state index < -0.39 is 0 Å². The van der Waals surface area contributed by atoms with Crippen molar-refractivity contribution in [1.82, 2.24) is 19.6 Å². The molecule has 1 N–H and O–H groups in total. The van der Waals surface area contributed by atoms with Gasteiger partial charge in [0.05, 0.1) is 30.5 Å². The number of nitrogens with zero attached hydrogens (tertiary/aromatic N) is 4. The predicted molar refractivity (Wildman–Crippen MR) is 98.1 cm³/mol. The molecule has 1 aromatic carbocycles. The minimum atomic E-state index is -0.113. The Balaban J connectivity index is 1.33. The maximum atomic E-state index is 12.9. The molecule has 0 radical (unpaired) electrons. The summed E-state index contributed by atoms with van der Waals surface area (Å²) >= 11 is 0. The Morgan fingerprint density at radius 1 is 1.37 bits per heavy atom.